The summed E-state index contributed by atoms with van der Waals surface area (Å²) >= 11 is 0. The van der Waals surface area contributed by atoms with Crippen molar-refractivity contribution in [1.82, 2.24) is 14.8 Å². The number of nitrogens with zero attached hydrogens (tertiary/aromatic N) is 2. The number of para-hydroxylation sites is 1. The summed E-state index contributed by atoms with van der Waals surface area (Å²) in [4.78, 5) is 26.1. The van der Waals surface area contributed by atoms with Gasteiger partial charge in [-0.3, -0.25) is 14.2 Å². The normalized spacial score (nSPS) is 15.5. The minimum Gasteiger partial charge on any atom is -0.339 e. The monoisotopic (exact) mass is 271 g/mol. The van der Waals surface area contributed by atoms with E-state index in [0.717, 1.165) is 24.0 Å². The first-order valence-electron chi connectivity index (χ1n) is 6.83. The van der Waals surface area contributed by atoms with Crippen LogP contribution in [0, 0.1) is 0 Å². The summed E-state index contributed by atoms with van der Waals surface area (Å²) in [5, 5.41) is 4.18. The summed E-state index contributed by atoms with van der Waals surface area (Å²) in [6.07, 6.45) is 0. The molecular weight excluding hydrogens is 254 g/mol. The minimum absolute atomic E-state index is 0.00459. The highest BCUT2D eigenvalue weighted by molar-refractivity contribution is 5.82. The van der Waals surface area contributed by atoms with Gasteiger partial charge in [0.25, 0.3) is 5.56 Å². The fourth-order valence-corrected chi connectivity index (χ4v) is 2.56. The first-order valence-corrected chi connectivity index (χ1v) is 6.83. The van der Waals surface area contributed by atoms with E-state index >= 15 is 0 Å². The van der Waals surface area contributed by atoms with Crippen LogP contribution in [0.15, 0.2) is 41.2 Å². The van der Waals surface area contributed by atoms with Gasteiger partial charge in [-0.05, 0) is 17.5 Å². The number of nitrogens with one attached hydrogen (secondary N) is 1. The lowest BCUT2D eigenvalue weighted by atomic mass is 10.2. The van der Waals surface area contributed by atoms with E-state index in [9.17, 15) is 9.59 Å². The van der Waals surface area contributed by atoms with Crippen molar-refractivity contribution >= 4 is 16.8 Å². The van der Waals surface area contributed by atoms with E-state index in [1.165, 1.54) is 6.07 Å². The number of carbonyl (C=O) groups excluding carboxylic acids is 1. The maximum Gasteiger partial charge on any atom is 0.251 e. The highest BCUT2D eigenvalue weighted by Crippen LogP contribution is 2.11. The molecule has 20 heavy (non-hydrogen) atoms. The molecule has 1 N–H and O–H groups in total. The van der Waals surface area contributed by atoms with Crippen LogP contribution in [0.5, 0.6) is 0 Å². The van der Waals surface area contributed by atoms with Crippen molar-refractivity contribution in [2.45, 2.75) is 6.54 Å². The van der Waals surface area contributed by atoms with E-state index in [1.54, 1.807) is 10.6 Å². The van der Waals surface area contributed by atoms with Crippen molar-refractivity contribution in [3.63, 3.8) is 0 Å². The molecule has 0 bridgehead atoms. The Morgan fingerprint density at radius 2 is 1.85 bits per heavy atom. The van der Waals surface area contributed by atoms with Crippen molar-refractivity contribution in [3.05, 3.63) is 46.8 Å². The SMILES string of the molecule is O=C(Cn1c(=O)ccc2ccccc21)N1CCNCC1. The van der Waals surface area contributed by atoms with Gasteiger partial charge in [0.05, 0.1) is 5.52 Å². The Kier molecular flexibility index (Phi) is 3.52. The van der Waals surface area contributed by atoms with Gasteiger partial charge in [0.1, 0.15) is 6.54 Å². The molecule has 1 fully saturated rings. The Bertz CT molecular complexity index is 687. The van der Waals surface area contributed by atoms with Crippen LogP contribution in [-0.2, 0) is 11.3 Å². The van der Waals surface area contributed by atoms with Crippen molar-refractivity contribution < 1.29 is 4.79 Å². The molecule has 1 saturated heterocycles. The van der Waals surface area contributed by atoms with Gasteiger partial charge < -0.3 is 10.2 Å². The Morgan fingerprint density at radius 3 is 2.65 bits per heavy atom. The van der Waals surface area contributed by atoms with Crippen LogP contribution < -0.4 is 10.9 Å². The molecule has 1 aliphatic heterocycles. The van der Waals surface area contributed by atoms with Crippen LogP contribution in [0.1, 0.15) is 0 Å². The second kappa shape index (κ2) is 5.46. The second-order valence-corrected chi connectivity index (χ2v) is 4.95. The third kappa shape index (κ3) is 2.44. The molecule has 3 rings (SSSR count). The van der Waals surface area contributed by atoms with Gasteiger partial charge in [-0.2, -0.15) is 0 Å². The molecule has 5 heteroatoms. The number of rotatable bonds is 2. The Hall–Kier alpha value is -2.14. The maximum atomic E-state index is 12.3. The van der Waals surface area contributed by atoms with Gasteiger partial charge in [-0.1, -0.05) is 18.2 Å². The average Bonchev–Trinajstić information content (AvgIpc) is 2.51. The Balaban J connectivity index is 1.92. The van der Waals surface area contributed by atoms with Gasteiger partial charge in [0, 0.05) is 32.2 Å². The number of hydrogen-bond donors (Lipinski definition) is 1. The first-order chi connectivity index (χ1) is 9.75. The highest BCUT2D eigenvalue weighted by Gasteiger charge is 2.17. The molecule has 2 heterocycles. The largest absolute Gasteiger partial charge is 0.339 e. The number of pyridine rings is 1. The lowest BCUT2D eigenvalue weighted by Crippen LogP contribution is -2.48. The number of benzene rings is 1. The fraction of sp³-hybridized carbons (Fsp3) is 0.333. The van der Waals surface area contributed by atoms with Crippen LogP contribution in [0.3, 0.4) is 0 Å². The van der Waals surface area contributed by atoms with Crippen molar-refractivity contribution in [1.29, 1.82) is 0 Å². The summed E-state index contributed by atoms with van der Waals surface area (Å²) in [5.41, 5.74) is 0.677. The molecule has 0 radical (unpaired) electrons. The summed E-state index contributed by atoms with van der Waals surface area (Å²) in [6.45, 7) is 3.16. The molecule has 0 unspecified atom stereocenters. The lowest BCUT2D eigenvalue weighted by molar-refractivity contribution is -0.132. The van der Waals surface area contributed by atoms with Gasteiger partial charge in [-0.15, -0.1) is 0 Å². The molecule has 1 aromatic carbocycles. The zero-order valence-electron chi connectivity index (χ0n) is 11.2. The summed E-state index contributed by atoms with van der Waals surface area (Å²) in [7, 11) is 0. The van der Waals surface area contributed by atoms with E-state index in [0.29, 0.717) is 13.1 Å². The van der Waals surface area contributed by atoms with Crippen LogP contribution in [0.25, 0.3) is 10.9 Å². The second-order valence-electron chi connectivity index (χ2n) is 4.95. The van der Waals surface area contributed by atoms with Gasteiger partial charge in [0.2, 0.25) is 5.91 Å². The third-order valence-corrected chi connectivity index (χ3v) is 3.66. The standard InChI is InChI=1S/C15H17N3O2/c19-14-6-5-12-3-1-2-4-13(12)18(14)11-15(20)17-9-7-16-8-10-17/h1-6,16H,7-11H2. The predicted octanol–water partition coefficient (Wildman–Crippen LogP) is 0.433. The van der Waals surface area contributed by atoms with Gasteiger partial charge in [0.15, 0.2) is 0 Å². The predicted molar refractivity (Wildman–Crippen MR) is 77.7 cm³/mol. The van der Waals surface area contributed by atoms with Gasteiger partial charge in [-0.25, -0.2) is 0 Å². The Labute approximate surface area is 116 Å². The van der Waals surface area contributed by atoms with Crippen LogP contribution >= 0.6 is 0 Å². The molecule has 0 aliphatic carbocycles. The van der Waals surface area contributed by atoms with E-state index in [-0.39, 0.29) is 18.0 Å². The molecule has 0 atom stereocenters. The number of piperazine rings is 1. The topological polar surface area (TPSA) is 54.3 Å². The van der Waals surface area contributed by atoms with E-state index in [1.807, 2.05) is 29.2 Å². The fourth-order valence-electron chi connectivity index (χ4n) is 2.56. The van der Waals surface area contributed by atoms with E-state index in [4.69, 9.17) is 0 Å². The van der Waals surface area contributed by atoms with E-state index in [2.05, 4.69) is 5.32 Å². The van der Waals surface area contributed by atoms with Crippen LogP contribution in [-0.4, -0.2) is 41.6 Å². The van der Waals surface area contributed by atoms with Crippen molar-refractivity contribution in [3.8, 4) is 0 Å². The number of carbonyl (C=O) groups is 1. The molecule has 0 saturated carbocycles. The molecule has 1 amide bonds. The molecule has 0 spiro atoms. The smallest absolute Gasteiger partial charge is 0.251 e. The summed E-state index contributed by atoms with van der Waals surface area (Å²) in [6, 6.07) is 10.9. The first kappa shape index (κ1) is 12.9. The molecule has 1 aliphatic rings. The number of fused-ring (bicyclic) bond motifs is 1. The number of amides is 1. The highest BCUT2D eigenvalue weighted by atomic mass is 16.2. The summed E-state index contributed by atoms with van der Waals surface area (Å²) in [5.74, 6) is 0.00459. The molecule has 104 valence electrons. The minimum atomic E-state index is -0.132. The van der Waals surface area contributed by atoms with Crippen LogP contribution in [0.2, 0.25) is 0 Å². The van der Waals surface area contributed by atoms with Crippen molar-refractivity contribution in [2.75, 3.05) is 26.2 Å². The Morgan fingerprint density at radius 1 is 1.10 bits per heavy atom. The molecule has 1 aromatic heterocycles. The van der Waals surface area contributed by atoms with Gasteiger partial charge >= 0.3 is 0 Å². The van der Waals surface area contributed by atoms with Crippen LogP contribution in [0.4, 0.5) is 0 Å². The zero-order valence-corrected chi connectivity index (χ0v) is 11.2. The maximum absolute atomic E-state index is 12.3. The van der Waals surface area contributed by atoms with E-state index < -0.39 is 0 Å². The quantitative estimate of drug-likeness (QED) is 0.862. The molecule has 5 nitrogen and oxygen atoms in total. The van der Waals surface area contributed by atoms with Crippen molar-refractivity contribution in [2.24, 2.45) is 0 Å². The summed E-state index contributed by atoms with van der Waals surface area (Å²) < 4.78 is 1.56. The lowest BCUT2D eigenvalue weighted by Gasteiger charge is -2.27. The number of hydrogen-bond acceptors (Lipinski definition) is 3. The zero-order chi connectivity index (χ0) is 13.9. The molecular formula is C15H17N3O2. The number of aromatic nitrogens is 1. The third-order valence-electron chi connectivity index (χ3n) is 3.66. The molecule has 2 aromatic rings. The average molecular weight is 271 g/mol.